The zero-order valence-electron chi connectivity index (χ0n) is 13.2. The van der Waals surface area contributed by atoms with Crippen LogP contribution in [0.25, 0.3) is 0 Å². The second-order valence-corrected chi connectivity index (χ2v) is 6.97. The van der Waals surface area contributed by atoms with E-state index in [4.69, 9.17) is 0 Å². The Kier molecular flexibility index (Phi) is 5.00. The molecule has 2 aliphatic rings. The summed E-state index contributed by atoms with van der Waals surface area (Å²) in [6, 6.07) is 7.54. The molecule has 6 heteroatoms. The first-order valence-electron chi connectivity index (χ1n) is 8.05. The molecule has 1 aromatic carbocycles. The smallest absolute Gasteiger partial charge is 0.333 e. The number of benzene rings is 1. The van der Waals surface area contributed by atoms with Crippen LogP contribution in [0.1, 0.15) is 37.7 Å². The minimum Gasteiger partial charge on any atom is -0.333 e. The quantitative estimate of drug-likeness (QED) is 0.902. The number of urea groups is 1. The number of hydrogen-bond acceptors (Lipinski definition) is 3. The maximum absolute atomic E-state index is 12.2. The lowest BCUT2D eigenvalue weighted by Crippen LogP contribution is -2.36. The summed E-state index contributed by atoms with van der Waals surface area (Å²) in [6.45, 7) is 2.00. The molecule has 1 aromatic rings. The third-order valence-electron chi connectivity index (χ3n) is 4.19. The average molecular weight is 331 g/mol. The SMILES string of the molecule is Cc1ccc(N2C(=O)CS/C2=N/C(=O)NC2CCCCC2)cc1. The topological polar surface area (TPSA) is 61.8 Å². The molecule has 1 heterocycles. The molecular weight excluding hydrogens is 310 g/mol. The molecular formula is C17H21N3O2S. The molecule has 1 saturated carbocycles. The molecule has 0 aromatic heterocycles. The van der Waals surface area contributed by atoms with Gasteiger partial charge in [0.25, 0.3) is 0 Å². The molecule has 0 unspecified atom stereocenters. The molecule has 5 nitrogen and oxygen atoms in total. The van der Waals surface area contributed by atoms with Crippen LogP contribution in [0.5, 0.6) is 0 Å². The lowest BCUT2D eigenvalue weighted by molar-refractivity contribution is -0.115. The van der Waals surface area contributed by atoms with E-state index in [-0.39, 0.29) is 18.0 Å². The van der Waals surface area contributed by atoms with Gasteiger partial charge in [-0.3, -0.25) is 9.69 Å². The molecule has 1 N–H and O–H groups in total. The number of nitrogens with zero attached hydrogens (tertiary/aromatic N) is 2. The van der Waals surface area contributed by atoms with Crippen molar-refractivity contribution in [3.05, 3.63) is 29.8 Å². The van der Waals surface area contributed by atoms with E-state index in [0.29, 0.717) is 10.9 Å². The predicted molar refractivity (Wildman–Crippen MR) is 94.0 cm³/mol. The van der Waals surface area contributed by atoms with Crippen LogP contribution >= 0.6 is 11.8 Å². The Labute approximate surface area is 140 Å². The molecule has 2 fully saturated rings. The van der Waals surface area contributed by atoms with E-state index in [2.05, 4.69) is 10.3 Å². The molecule has 23 heavy (non-hydrogen) atoms. The predicted octanol–water partition coefficient (Wildman–Crippen LogP) is 3.47. The molecule has 0 atom stereocenters. The van der Waals surface area contributed by atoms with Crippen molar-refractivity contribution in [1.82, 2.24) is 5.32 Å². The van der Waals surface area contributed by atoms with Crippen molar-refractivity contribution in [2.45, 2.75) is 45.1 Å². The normalized spacial score (nSPS) is 21.0. The van der Waals surface area contributed by atoms with Crippen LogP contribution in [0.3, 0.4) is 0 Å². The second-order valence-electron chi connectivity index (χ2n) is 6.03. The Balaban J connectivity index is 1.72. The molecule has 3 rings (SSSR count). The number of anilines is 1. The lowest BCUT2D eigenvalue weighted by atomic mass is 9.96. The Morgan fingerprint density at radius 1 is 1.22 bits per heavy atom. The maximum atomic E-state index is 12.2. The number of aryl methyl sites for hydroxylation is 1. The summed E-state index contributed by atoms with van der Waals surface area (Å²) in [5, 5.41) is 3.43. The van der Waals surface area contributed by atoms with Crippen molar-refractivity contribution in [3.63, 3.8) is 0 Å². The van der Waals surface area contributed by atoms with Crippen LogP contribution in [0.15, 0.2) is 29.3 Å². The molecule has 1 aliphatic carbocycles. The van der Waals surface area contributed by atoms with Crippen molar-refractivity contribution >= 4 is 34.6 Å². The van der Waals surface area contributed by atoms with Gasteiger partial charge in [0.2, 0.25) is 5.91 Å². The van der Waals surface area contributed by atoms with Gasteiger partial charge in [0.1, 0.15) is 0 Å². The molecule has 3 amide bonds. The van der Waals surface area contributed by atoms with Gasteiger partial charge in [0, 0.05) is 6.04 Å². The van der Waals surface area contributed by atoms with Crippen molar-refractivity contribution in [2.24, 2.45) is 4.99 Å². The van der Waals surface area contributed by atoms with Crippen LogP contribution < -0.4 is 10.2 Å². The Morgan fingerprint density at radius 2 is 1.91 bits per heavy atom. The highest BCUT2D eigenvalue weighted by Gasteiger charge is 2.30. The van der Waals surface area contributed by atoms with Crippen molar-refractivity contribution in [1.29, 1.82) is 0 Å². The van der Waals surface area contributed by atoms with Crippen molar-refractivity contribution in [2.75, 3.05) is 10.7 Å². The van der Waals surface area contributed by atoms with Crippen LogP contribution in [-0.2, 0) is 4.79 Å². The summed E-state index contributed by atoms with van der Waals surface area (Å²) in [6.07, 6.45) is 5.59. The first-order chi connectivity index (χ1) is 11.1. The third-order valence-corrected chi connectivity index (χ3v) is 5.11. The highest BCUT2D eigenvalue weighted by atomic mass is 32.2. The van der Waals surface area contributed by atoms with Gasteiger partial charge in [-0.15, -0.1) is 0 Å². The third kappa shape index (κ3) is 3.93. The minimum atomic E-state index is -0.341. The maximum Gasteiger partial charge on any atom is 0.343 e. The second kappa shape index (κ2) is 7.17. The van der Waals surface area contributed by atoms with Crippen LogP contribution in [0.4, 0.5) is 10.5 Å². The molecule has 0 bridgehead atoms. The zero-order chi connectivity index (χ0) is 16.2. The highest BCUT2D eigenvalue weighted by molar-refractivity contribution is 8.15. The zero-order valence-corrected chi connectivity index (χ0v) is 14.1. The van der Waals surface area contributed by atoms with Crippen LogP contribution in [-0.4, -0.2) is 28.9 Å². The molecule has 0 radical (unpaired) electrons. The van der Waals surface area contributed by atoms with Gasteiger partial charge in [-0.2, -0.15) is 4.99 Å². The van der Waals surface area contributed by atoms with Gasteiger partial charge in [-0.1, -0.05) is 48.7 Å². The van der Waals surface area contributed by atoms with Crippen LogP contribution in [0.2, 0.25) is 0 Å². The van der Waals surface area contributed by atoms with Gasteiger partial charge in [0.15, 0.2) is 5.17 Å². The summed E-state index contributed by atoms with van der Waals surface area (Å²) in [5.41, 5.74) is 1.89. The Bertz CT molecular complexity index is 621. The van der Waals surface area contributed by atoms with E-state index in [0.717, 1.165) is 36.9 Å². The number of carbonyl (C=O) groups is 2. The van der Waals surface area contributed by atoms with Crippen molar-refractivity contribution < 1.29 is 9.59 Å². The van der Waals surface area contributed by atoms with Gasteiger partial charge in [-0.25, -0.2) is 4.79 Å². The van der Waals surface area contributed by atoms with Crippen LogP contribution in [0, 0.1) is 6.92 Å². The monoisotopic (exact) mass is 331 g/mol. The van der Waals surface area contributed by atoms with E-state index < -0.39 is 0 Å². The number of hydrogen-bond donors (Lipinski definition) is 1. The average Bonchev–Trinajstić information content (AvgIpc) is 2.90. The molecule has 1 saturated heterocycles. The van der Waals surface area contributed by atoms with E-state index in [1.807, 2.05) is 31.2 Å². The Morgan fingerprint density at radius 3 is 2.61 bits per heavy atom. The largest absolute Gasteiger partial charge is 0.343 e. The summed E-state index contributed by atoms with van der Waals surface area (Å²) in [7, 11) is 0. The minimum absolute atomic E-state index is 0.0388. The number of nitrogens with one attached hydrogen (secondary N) is 1. The summed E-state index contributed by atoms with van der Waals surface area (Å²) in [4.78, 5) is 30.0. The number of thioether (sulfide) groups is 1. The number of amides is 3. The summed E-state index contributed by atoms with van der Waals surface area (Å²) < 4.78 is 0. The van der Waals surface area contributed by atoms with Gasteiger partial charge in [0.05, 0.1) is 11.4 Å². The van der Waals surface area contributed by atoms with Gasteiger partial charge >= 0.3 is 6.03 Å². The number of carbonyl (C=O) groups excluding carboxylic acids is 2. The summed E-state index contributed by atoms with van der Waals surface area (Å²) >= 11 is 1.31. The fraction of sp³-hybridized carbons (Fsp3) is 0.471. The van der Waals surface area contributed by atoms with E-state index in [1.165, 1.54) is 23.1 Å². The Hall–Kier alpha value is -1.82. The fourth-order valence-electron chi connectivity index (χ4n) is 2.93. The number of rotatable bonds is 2. The standard InChI is InChI=1S/C17H21N3O2S/c1-12-7-9-14(10-8-12)20-15(21)11-23-17(20)19-16(22)18-13-5-3-2-4-6-13/h7-10,13H,2-6,11H2,1H3,(H,18,22)/b19-17+. The molecule has 1 aliphatic heterocycles. The van der Waals surface area contributed by atoms with E-state index in [9.17, 15) is 9.59 Å². The van der Waals surface area contributed by atoms with Crippen molar-refractivity contribution in [3.8, 4) is 0 Å². The fourth-order valence-corrected chi connectivity index (χ4v) is 3.80. The van der Waals surface area contributed by atoms with E-state index >= 15 is 0 Å². The first-order valence-corrected chi connectivity index (χ1v) is 9.03. The first kappa shape index (κ1) is 16.1. The highest BCUT2D eigenvalue weighted by Crippen LogP contribution is 2.27. The number of amidine groups is 1. The molecule has 0 spiro atoms. The molecule has 122 valence electrons. The van der Waals surface area contributed by atoms with Gasteiger partial charge in [-0.05, 0) is 31.9 Å². The lowest BCUT2D eigenvalue weighted by Gasteiger charge is -2.22. The summed E-state index contributed by atoms with van der Waals surface area (Å²) in [5.74, 6) is 0.284. The number of aliphatic imine (C=N–C) groups is 1. The van der Waals surface area contributed by atoms with Gasteiger partial charge < -0.3 is 5.32 Å². The van der Waals surface area contributed by atoms with E-state index in [1.54, 1.807) is 0 Å².